The highest BCUT2D eigenvalue weighted by molar-refractivity contribution is 6.02. The van der Waals surface area contributed by atoms with Gasteiger partial charge in [0.2, 0.25) is 0 Å². The fourth-order valence-electron chi connectivity index (χ4n) is 2.27. The van der Waals surface area contributed by atoms with Crippen LogP contribution in [-0.4, -0.2) is 18.1 Å². The van der Waals surface area contributed by atoms with Crippen LogP contribution in [0.1, 0.15) is 16.8 Å². The molecular formula is C15H10F6O. The molecule has 0 aromatic heterocycles. The van der Waals surface area contributed by atoms with Gasteiger partial charge >= 0.3 is 12.4 Å². The minimum Gasteiger partial charge on any atom is -0.293 e. The molecule has 2 rings (SSSR count). The molecule has 1 aliphatic carbocycles. The average Bonchev–Trinajstić information content (AvgIpc) is 2.45. The third-order valence-electron chi connectivity index (χ3n) is 3.46. The molecule has 0 spiro atoms. The predicted molar refractivity (Wildman–Crippen MR) is 67.2 cm³/mol. The number of halogens is 6. The second-order valence-corrected chi connectivity index (χ2v) is 4.89. The molecule has 1 aromatic carbocycles. The van der Waals surface area contributed by atoms with Crippen molar-refractivity contribution in [3.05, 3.63) is 59.7 Å². The summed E-state index contributed by atoms with van der Waals surface area (Å²) in [6.07, 6.45) is -9.82. The average molecular weight is 320 g/mol. The van der Waals surface area contributed by atoms with E-state index in [0.717, 1.165) is 12.1 Å². The molecule has 1 aromatic rings. The maximum atomic E-state index is 13.4. The Labute approximate surface area is 121 Å². The van der Waals surface area contributed by atoms with Crippen molar-refractivity contribution in [3.63, 3.8) is 0 Å². The molecule has 0 heterocycles. The van der Waals surface area contributed by atoms with Gasteiger partial charge in [0.05, 0.1) is 0 Å². The number of Topliss-reactive ketones (excluding diaryl/α,β-unsaturated/α-hetero) is 1. The Hall–Kier alpha value is -2.05. The molecule has 0 bridgehead atoms. The third-order valence-corrected chi connectivity index (χ3v) is 3.46. The molecule has 1 unspecified atom stereocenters. The topological polar surface area (TPSA) is 17.1 Å². The number of alkyl halides is 6. The molecule has 22 heavy (non-hydrogen) atoms. The Balaban J connectivity index is 2.51. The summed E-state index contributed by atoms with van der Waals surface area (Å²) in [5.74, 6) is -1.40. The summed E-state index contributed by atoms with van der Waals surface area (Å²) in [5.41, 5.74) is -4.86. The van der Waals surface area contributed by atoms with Crippen molar-refractivity contribution in [3.8, 4) is 0 Å². The monoisotopic (exact) mass is 320 g/mol. The van der Waals surface area contributed by atoms with Gasteiger partial charge in [-0.25, -0.2) is 0 Å². The SMILES string of the molecule is O=C(c1ccccc1)C1(C(F)(F)F)C=CC=C(C(F)(F)F)C1. The zero-order valence-corrected chi connectivity index (χ0v) is 11.0. The van der Waals surface area contributed by atoms with E-state index in [1.165, 1.54) is 18.2 Å². The fourth-order valence-corrected chi connectivity index (χ4v) is 2.27. The maximum absolute atomic E-state index is 13.4. The van der Waals surface area contributed by atoms with Gasteiger partial charge in [0.1, 0.15) is 0 Å². The number of carbonyl (C=O) groups excluding carboxylic acids is 1. The first-order chi connectivity index (χ1) is 10.1. The lowest BCUT2D eigenvalue weighted by molar-refractivity contribution is -0.192. The van der Waals surface area contributed by atoms with E-state index in [2.05, 4.69) is 0 Å². The van der Waals surface area contributed by atoms with Gasteiger partial charge in [0.25, 0.3) is 0 Å². The quantitative estimate of drug-likeness (QED) is 0.561. The van der Waals surface area contributed by atoms with E-state index in [9.17, 15) is 31.1 Å². The van der Waals surface area contributed by atoms with Gasteiger partial charge < -0.3 is 0 Å². The van der Waals surface area contributed by atoms with Crippen molar-refractivity contribution in [2.75, 3.05) is 0 Å². The number of ketones is 1. The van der Waals surface area contributed by atoms with Crippen molar-refractivity contribution in [2.45, 2.75) is 18.8 Å². The lowest BCUT2D eigenvalue weighted by Gasteiger charge is -2.34. The van der Waals surface area contributed by atoms with E-state index in [0.29, 0.717) is 18.2 Å². The molecule has 1 atom stereocenters. The maximum Gasteiger partial charge on any atom is 0.412 e. The molecule has 0 fully saturated rings. The van der Waals surface area contributed by atoms with Crippen LogP contribution >= 0.6 is 0 Å². The number of allylic oxidation sites excluding steroid dienone is 4. The van der Waals surface area contributed by atoms with Crippen molar-refractivity contribution < 1.29 is 31.1 Å². The predicted octanol–water partition coefficient (Wildman–Crippen LogP) is 4.87. The van der Waals surface area contributed by atoms with Crippen LogP contribution in [0.2, 0.25) is 0 Å². The molecule has 0 N–H and O–H groups in total. The first-order valence-electron chi connectivity index (χ1n) is 6.20. The summed E-state index contributed by atoms with van der Waals surface area (Å²) in [6.45, 7) is 0. The van der Waals surface area contributed by atoms with E-state index < -0.39 is 35.5 Å². The summed E-state index contributed by atoms with van der Waals surface area (Å²) in [6, 6.07) is 6.49. The van der Waals surface area contributed by atoms with Gasteiger partial charge in [-0.3, -0.25) is 4.79 Å². The second-order valence-electron chi connectivity index (χ2n) is 4.89. The Bertz CT molecular complexity index is 624. The van der Waals surface area contributed by atoms with Crippen LogP contribution in [0.4, 0.5) is 26.3 Å². The van der Waals surface area contributed by atoms with E-state index in [1.54, 1.807) is 0 Å². The lowest BCUT2D eigenvalue weighted by Crippen LogP contribution is -2.45. The minimum atomic E-state index is -5.14. The summed E-state index contributed by atoms with van der Waals surface area (Å²) in [7, 11) is 0. The summed E-state index contributed by atoms with van der Waals surface area (Å²) >= 11 is 0. The smallest absolute Gasteiger partial charge is 0.293 e. The lowest BCUT2D eigenvalue weighted by atomic mass is 9.72. The molecule has 0 saturated heterocycles. The Morgan fingerprint density at radius 1 is 1.00 bits per heavy atom. The van der Waals surface area contributed by atoms with Crippen LogP contribution in [0.25, 0.3) is 0 Å². The van der Waals surface area contributed by atoms with Crippen LogP contribution < -0.4 is 0 Å². The highest BCUT2D eigenvalue weighted by Gasteiger charge is 2.60. The van der Waals surface area contributed by atoms with Crippen molar-refractivity contribution >= 4 is 5.78 Å². The molecule has 1 aliphatic rings. The van der Waals surface area contributed by atoms with Gasteiger partial charge in [-0.1, -0.05) is 48.6 Å². The first-order valence-corrected chi connectivity index (χ1v) is 6.20. The van der Waals surface area contributed by atoms with Crippen LogP contribution in [0, 0.1) is 5.41 Å². The number of rotatable bonds is 2. The zero-order valence-electron chi connectivity index (χ0n) is 11.0. The van der Waals surface area contributed by atoms with Crippen molar-refractivity contribution in [2.24, 2.45) is 5.41 Å². The summed E-state index contributed by atoms with van der Waals surface area (Å²) in [4.78, 5) is 12.3. The van der Waals surface area contributed by atoms with Gasteiger partial charge in [-0.05, 0) is 0 Å². The van der Waals surface area contributed by atoms with Gasteiger partial charge in [-0.2, -0.15) is 26.3 Å². The summed E-state index contributed by atoms with van der Waals surface area (Å²) in [5, 5.41) is 0. The Kier molecular flexibility index (Phi) is 3.93. The Morgan fingerprint density at radius 3 is 2.09 bits per heavy atom. The molecule has 118 valence electrons. The van der Waals surface area contributed by atoms with Crippen LogP contribution in [0.15, 0.2) is 54.1 Å². The molecule has 7 heteroatoms. The standard InChI is InChI=1S/C15H10F6O/c16-14(17,18)11-7-4-8-13(9-11,15(19,20)21)12(22)10-5-2-1-3-6-10/h1-8H,9H2. The van der Waals surface area contributed by atoms with Crippen LogP contribution in [0.5, 0.6) is 0 Å². The largest absolute Gasteiger partial charge is 0.412 e. The van der Waals surface area contributed by atoms with Crippen LogP contribution in [0.3, 0.4) is 0 Å². The summed E-state index contributed by atoms with van der Waals surface area (Å²) < 4.78 is 78.6. The normalized spacial score (nSPS) is 22.4. The van der Waals surface area contributed by atoms with E-state index in [4.69, 9.17) is 0 Å². The molecule has 0 radical (unpaired) electrons. The zero-order chi connectivity index (χ0) is 16.6. The van der Waals surface area contributed by atoms with Gasteiger partial charge in [-0.15, -0.1) is 0 Å². The molecule has 0 saturated carbocycles. The molecule has 0 aliphatic heterocycles. The molecule has 1 nitrogen and oxygen atoms in total. The van der Waals surface area contributed by atoms with Crippen molar-refractivity contribution in [1.29, 1.82) is 0 Å². The highest BCUT2D eigenvalue weighted by atomic mass is 19.4. The minimum absolute atomic E-state index is 0.284. The molecule has 0 amide bonds. The van der Waals surface area contributed by atoms with E-state index >= 15 is 0 Å². The first kappa shape index (κ1) is 16.3. The van der Waals surface area contributed by atoms with Gasteiger partial charge in [0, 0.05) is 17.6 Å². The van der Waals surface area contributed by atoms with E-state index in [1.807, 2.05) is 0 Å². The number of carbonyl (C=O) groups is 1. The van der Waals surface area contributed by atoms with Crippen molar-refractivity contribution in [1.82, 2.24) is 0 Å². The number of hydrogen-bond donors (Lipinski definition) is 0. The van der Waals surface area contributed by atoms with Gasteiger partial charge in [0.15, 0.2) is 11.2 Å². The highest BCUT2D eigenvalue weighted by Crippen LogP contribution is 2.50. The number of benzene rings is 1. The Morgan fingerprint density at radius 2 is 1.59 bits per heavy atom. The number of hydrogen-bond acceptors (Lipinski definition) is 1. The third kappa shape index (κ3) is 2.80. The molecular weight excluding hydrogens is 310 g/mol. The van der Waals surface area contributed by atoms with E-state index in [-0.39, 0.29) is 5.56 Å². The van der Waals surface area contributed by atoms with Crippen LogP contribution in [-0.2, 0) is 0 Å². The fraction of sp³-hybridized carbons (Fsp3) is 0.267. The second kappa shape index (κ2) is 5.30.